The highest BCUT2D eigenvalue weighted by atomic mass is 19.4. The van der Waals surface area contributed by atoms with Gasteiger partial charge in [-0.1, -0.05) is 12.1 Å². The van der Waals surface area contributed by atoms with Crippen LogP contribution < -0.4 is 4.74 Å². The van der Waals surface area contributed by atoms with Gasteiger partial charge in [-0.2, -0.15) is 13.2 Å². The molecule has 5 rings (SSSR count). The molecule has 11 heteroatoms. The number of rotatable bonds is 5. The number of aryl methyl sites for hydroxylation is 2. The number of alkyl halides is 3. The molecular formula is C27H26F3N5O3. The Hall–Kier alpha value is -4.15. The minimum atomic E-state index is -4.57. The predicted octanol–water partition coefficient (Wildman–Crippen LogP) is 5.21. The summed E-state index contributed by atoms with van der Waals surface area (Å²) in [5.74, 6) is 0.287. The molecule has 38 heavy (non-hydrogen) atoms. The Balaban J connectivity index is 1.43. The van der Waals surface area contributed by atoms with E-state index in [1.807, 2.05) is 35.9 Å². The van der Waals surface area contributed by atoms with Gasteiger partial charge >= 0.3 is 6.18 Å². The Morgan fingerprint density at radius 3 is 2.55 bits per heavy atom. The molecule has 2 aromatic carbocycles. The van der Waals surface area contributed by atoms with Gasteiger partial charge in [-0.15, -0.1) is 5.10 Å². The number of aromatic nitrogens is 4. The number of ether oxygens (including phenoxy) is 1. The highest BCUT2D eigenvalue weighted by Crippen LogP contribution is 2.39. The SMILES string of the molecule is COc1ccc(CN2CC(n3nc4nc(-c5c(C)cc(C(F)(F)F)cc5O)cnc4c3C)CCC2=O)cc1. The summed E-state index contributed by atoms with van der Waals surface area (Å²) in [6.07, 6.45) is -2.16. The first-order valence-corrected chi connectivity index (χ1v) is 12.1. The maximum atomic E-state index is 13.1. The molecule has 0 aliphatic carbocycles. The molecular weight excluding hydrogens is 499 g/mol. The van der Waals surface area contributed by atoms with Gasteiger partial charge in [-0.25, -0.2) is 9.97 Å². The van der Waals surface area contributed by atoms with Gasteiger partial charge in [0.2, 0.25) is 11.6 Å². The van der Waals surface area contributed by atoms with Crippen LogP contribution in [0.25, 0.3) is 22.4 Å². The van der Waals surface area contributed by atoms with Crippen molar-refractivity contribution < 1.29 is 27.8 Å². The van der Waals surface area contributed by atoms with Gasteiger partial charge in [0, 0.05) is 25.1 Å². The zero-order chi connectivity index (χ0) is 27.2. The van der Waals surface area contributed by atoms with Crippen LogP contribution in [0.15, 0.2) is 42.6 Å². The van der Waals surface area contributed by atoms with E-state index in [2.05, 4.69) is 15.1 Å². The zero-order valence-electron chi connectivity index (χ0n) is 21.1. The molecule has 0 saturated carbocycles. The van der Waals surface area contributed by atoms with E-state index in [1.165, 1.54) is 13.1 Å². The first-order valence-electron chi connectivity index (χ1n) is 12.1. The fourth-order valence-corrected chi connectivity index (χ4v) is 4.93. The lowest BCUT2D eigenvalue weighted by molar-refractivity contribution is -0.138. The van der Waals surface area contributed by atoms with Crippen LogP contribution in [0, 0.1) is 13.8 Å². The second-order valence-corrected chi connectivity index (χ2v) is 9.46. The van der Waals surface area contributed by atoms with E-state index in [1.54, 1.807) is 12.0 Å². The monoisotopic (exact) mass is 525 g/mol. The minimum Gasteiger partial charge on any atom is -0.507 e. The third kappa shape index (κ3) is 4.75. The van der Waals surface area contributed by atoms with Crippen LogP contribution in [0.2, 0.25) is 0 Å². The summed E-state index contributed by atoms with van der Waals surface area (Å²) in [5.41, 5.74) is 2.32. The van der Waals surface area contributed by atoms with E-state index in [4.69, 9.17) is 4.74 Å². The largest absolute Gasteiger partial charge is 0.507 e. The van der Waals surface area contributed by atoms with Gasteiger partial charge in [0.05, 0.1) is 36.3 Å². The number of benzene rings is 2. The number of hydrogen-bond acceptors (Lipinski definition) is 6. The van der Waals surface area contributed by atoms with Crippen molar-refractivity contribution in [1.82, 2.24) is 24.6 Å². The normalized spacial score (nSPS) is 16.3. The molecule has 2 aromatic heterocycles. The van der Waals surface area contributed by atoms with Crippen molar-refractivity contribution in [3.05, 3.63) is 65.0 Å². The fourth-order valence-electron chi connectivity index (χ4n) is 4.93. The van der Waals surface area contributed by atoms with Crippen LogP contribution in [0.3, 0.4) is 0 Å². The van der Waals surface area contributed by atoms with Crippen molar-refractivity contribution in [2.75, 3.05) is 13.7 Å². The molecule has 3 heterocycles. The van der Waals surface area contributed by atoms with E-state index in [0.29, 0.717) is 43.2 Å². The fraction of sp³-hybridized carbons (Fsp3) is 0.333. The standard InChI is InChI=1S/C27H26F3N5O3/c1-15-10-18(27(28,29)30)11-22(36)24(15)21-12-31-25-16(2)35(33-26(25)32-21)19-6-9-23(37)34(14-19)13-17-4-7-20(38-3)8-5-17/h4-5,7-8,10-12,19,36H,6,9,13-14H2,1-3H3. The zero-order valence-corrected chi connectivity index (χ0v) is 21.1. The van der Waals surface area contributed by atoms with Crippen molar-refractivity contribution in [3.8, 4) is 22.8 Å². The van der Waals surface area contributed by atoms with E-state index < -0.39 is 17.5 Å². The van der Waals surface area contributed by atoms with Gasteiger partial charge in [-0.05, 0) is 55.7 Å². The summed E-state index contributed by atoms with van der Waals surface area (Å²) in [6, 6.07) is 9.14. The van der Waals surface area contributed by atoms with Crippen LogP contribution in [0.5, 0.6) is 11.5 Å². The molecule has 1 saturated heterocycles. The summed E-state index contributed by atoms with van der Waals surface area (Å²) in [6.45, 7) is 4.28. The van der Waals surface area contributed by atoms with E-state index >= 15 is 0 Å². The summed E-state index contributed by atoms with van der Waals surface area (Å²) in [7, 11) is 1.60. The maximum absolute atomic E-state index is 13.1. The first-order chi connectivity index (χ1) is 18.0. The second-order valence-electron chi connectivity index (χ2n) is 9.46. The average molecular weight is 526 g/mol. The number of halogens is 3. The van der Waals surface area contributed by atoms with Gasteiger partial charge in [0.15, 0.2) is 0 Å². The summed E-state index contributed by atoms with van der Waals surface area (Å²) >= 11 is 0. The van der Waals surface area contributed by atoms with Gasteiger partial charge in [0.25, 0.3) is 0 Å². The molecule has 4 aromatic rings. The molecule has 0 bridgehead atoms. The second kappa shape index (κ2) is 9.62. The van der Waals surface area contributed by atoms with Gasteiger partial charge in [0.1, 0.15) is 17.0 Å². The van der Waals surface area contributed by atoms with Gasteiger partial charge < -0.3 is 14.7 Å². The minimum absolute atomic E-state index is 0.0678. The van der Waals surface area contributed by atoms with Crippen molar-refractivity contribution in [2.24, 2.45) is 0 Å². The lowest BCUT2D eigenvalue weighted by Gasteiger charge is -2.33. The number of aromatic hydroxyl groups is 1. The van der Waals surface area contributed by atoms with Crippen LogP contribution >= 0.6 is 0 Å². The summed E-state index contributed by atoms with van der Waals surface area (Å²) < 4.78 is 46.4. The number of methoxy groups -OCH3 is 1. The Labute approximate surface area is 216 Å². The smallest absolute Gasteiger partial charge is 0.416 e. The molecule has 198 valence electrons. The predicted molar refractivity (Wildman–Crippen MR) is 134 cm³/mol. The van der Waals surface area contributed by atoms with Gasteiger partial charge in [-0.3, -0.25) is 9.48 Å². The Bertz CT molecular complexity index is 1490. The molecule has 1 unspecified atom stereocenters. The van der Waals surface area contributed by atoms with Crippen molar-refractivity contribution in [2.45, 2.75) is 45.5 Å². The quantitative estimate of drug-likeness (QED) is 0.385. The Morgan fingerprint density at radius 1 is 1.16 bits per heavy atom. The number of phenols is 1. The number of carbonyl (C=O) groups is 1. The Kier molecular flexibility index (Phi) is 6.46. The lowest BCUT2D eigenvalue weighted by atomic mass is 10.0. The van der Waals surface area contributed by atoms with Crippen LogP contribution in [0.4, 0.5) is 13.2 Å². The third-order valence-corrected chi connectivity index (χ3v) is 6.89. The number of likely N-dealkylation sites (tertiary alicyclic amines) is 1. The maximum Gasteiger partial charge on any atom is 0.416 e. The molecule has 1 atom stereocenters. The third-order valence-electron chi connectivity index (χ3n) is 6.89. The highest BCUT2D eigenvalue weighted by Gasteiger charge is 2.33. The summed E-state index contributed by atoms with van der Waals surface area (Å²) in [4.78, 5) is 23.5. The van der Waals surface area contributed by atoms with E-state index in [-0.39, 0.29) is 28.8 Å². The molecule has 8 nitrogen and oxygen atoms in total. The average Bonchev–Trinajstić information content (AvgIpc) is 3.20. The molecule has 1 amide bonds. The first kappa shape index (κ1) is 25.5. The van der Waals surface area contributed by atoms with Crippen molar-refractivity contribution in [1.29, 1.82) is 0 Å². The number of nitrogens with zero attached hydrogens (tertiary/aromatic N) is 5. The molecule has 1 N–H and O–H groups in total. The topological polar surface area (TPSA) is 93.4 Å². The van der Waals surface area contributed by atoms with E-state index in [9.17, 15) is 23.1 Å². The van der Waals surface area contributed by atoms with E-state index in [0.717, 1.165) is 23.1 Å². The number of carbonyl (C=O) groups excluding carboxylic acids is 1. The molecule has 1 aliphatic rings. The highest BCUT2D eigenvalue weighted by molar-refractivity contribution is 5.79. The number of fused-ring (bicyclic) bond motifs is 1. The lowest BCUT2D eigenvalue weighted by Crippen LogP contribution is -2.40. The number of hydrogen-bond donors (Lipinski definition) is 1. The van der Waals surface area contributed by atoms with Crippen molar-refractivity contribution in [3.63, 3.8) is 0 Å². The summed E-state index contributed by atoms with van der Waals surface area (Å²) in [5, 5.41) is 15.0. The van der Waals surface area contributed by atoms with Crippen LogP contribution in [0.1, 0.15) is 41.3 Å². The number of piperidine rings is 1. The Morgan fingerprint density at radius 2 is 1.89 bits per heavy atom. The molecule has 1 aliphatic heterocycles. The number of amides is 1. The van der Waals surface area contributed by atoms with Crippen LogP contribution in [-0.4, -0.2) is 49.3 Å². The van der Waals surface area contributed by atoms with Crippen LogP contribution in [-0.2, 0) is 17.5 Å². The molecule has 1 fully saturated rings. The number of phenolic OH excluding ortho intramolecular Hbond substituents is 1. The molecule has 0 radical (unpaired) electrons. The molecule has 0 spiro atoms. The van der Waals surface area contributed by atoms with Crippen molar-refractivity contribution >= 4 is 17.1 Å².